The highest BCUT2D eigenvalue weighted by molar-refractivity contribution is 5.88. The summed E-state index contributed by atoms with van der Waals surface area (Å²) < 4.78 is 43.2. The number of carboxylic acids is 1. The van der Waals surface area contributed by atoms with E-state index in [2.05, 4.69) is 0 Å². The minimum atomic E-state index is -4.58. The van der Waals surface area contributed by atoms with Crippen molar-refractivity contribution in [2.24, 2.45) is 0 Å². The molecule has 1 aromatic carbocycles. The highest BCUT2D eigenvalue weighted by Gasteiger charge is 2.34. The number of benzene rings is 1. The van der Waals surface area contributed by atoms with Crippen molar-refractivity contribution in [3.05, 3.63) is 41.5 Å². The molecule has 6 heteroatoms. The lowest BCUT2D eigenvalue weighted by molar-refractivity contribution is -0.138. The minimum Gasteiger partial charge on any atom is -0.493 e. The second kappa shape index (κ2) is 6.26. The summed E-state index contributed by atoms with van der Waals surface area (Å²) in [5.74, 6) is -1.76. The number of alkyl halides is 3. The van der Waals surface area contributed by atoms with Gasteiger partial charge in [0.15, 0.2) is 0 Å². The van der Waals surface area contributed by atoms with E-state index in [4.69, 9.17) is 9.84 Å². The fraction of sp³-hybridized carbons (Fsp3) is 0.308. The van der Waals surface area contributed by atoms with Gasteiger partial charge in [0.2, 0.25) is 0 Å². The first-order chi connectivity index (χ1) is 8.86. The molecule has 0 aliphatic carbocycles. The van der Waals surface area contributed by atoms with E-state index in [1.54, 1.807) is 19.1 Å². The summed E-state index contributed by atoms with van der Waals surface area (Å²) in [6, 6.07) is 2.51. The van der Waals surface area contributed by atoms with Crippen molar-refractivity contribution in [1.29, 1.82) is 0 Å². The van der Waals surface area contributed by atoms with Crippen molar-refractivity contribution in [2.75, 3.05) is 6.61 Å². The Bertz CT molecular complexity index is 479. The number of allylic oxidation sites excluding steroid dienone is 1. The van der Waals surface area contributed by atoms with Crippen molar-refractivity contribution in [3.8, 4) is 5.75 Å². The molecule has 104 valence electrons. The predicted octanol–water partition coefficient (Wildman–Crippen LogP) is 3.75. The fourth-order valence-electron chi connectivity index (χ4n) is 1.41. The minimum absolute atomic E-state index is 0.0521. The first-order valence-corrected chi connectivity index (χ1v) is 5.54. The van der Waals surface area contributed by atoms with Gasteiger partial charge in [-0.1, -0.05) is 12.2 Å². The lowest BCUT2D eigenvalue weighted by Crippen LogP contribution is -2.10. The number of hydrogen-bond donors (Lipinski definition) is 1. The van der Waals surface area contributed by atoms with Gasteiger partial charge >= 0.3 is 12.1 Å². The van der Waals surface area contributed by atoms with Gasteiger partial charge in [-0.05, 0) is 31.5 Å². The Kier molecular flexibility index (Phi) is 4.97. The van der Waals surface area contributed by atoms with Crippen LogP contribution < -0.4 is 4.74 Å². The Morgan fingerprint density at radius 3 is 2.63 bits per heavy atom. The van der Waals surface area contributed by atoms with E-state index in [1.165, 1.54) is 0 Å². The first-order valence-electron chi connectivity index (χ1n) is 5.54. The van der Waals surface area contributed by atoms with E-state index >= 15 is 0 Å². The van der Waals surface area contributed by atoms with E-state index in [0.717, 1.165) is 12.1 Å². The average molecular weight is 274 g/mol. The molecule has 0 fully saturated rings. The van der Waals surface area contributed by atoms with E-state index in [1.807, 2.05) is 0 Å². The third-order valence-electron chi connectivity index (χ3n) is 2.31. The average Bonchev–Trinajstić information content (AvgIpc) is 2.33. The van der Waals surface area contributed by atoms with Crippen molar-refractivity contribution in [1.82, 2.24) is 0 Å². The molecule has 0 atom stereocenters. The van der Waals surface area contributed by atoms with Crippen LogP contribution in [0.1, 0.15) is 29.3 Å². The molecular formula is C13H13F3O3. The molecule has 0 saturated heterocycles. The van der Waals surface area contributed by atoms with Crippen LogP contribution in [0.2, 0.25) is 0 Å². The molecule has 0 unspecified atom stereocenters. The number of aromatic carboxylic acids is 1. The number of carbonyl (C=O) groups is 1. The quantitative estimate of drug-likeness (QED) is 0.657. The summed E-state index contributed by atoms with van der Waals surface area (Å²) >= 11 is 0. The summed E-state index contributed by atoms with van der Waals surface area (Å²) in [6.07, 6.45) is -0.631. The molecule has 1 N–H and O–H groups in total. The van der Waals surface area contributed by atoms with Gasteiger partial charge < -0.3 is 9.84 Å². The summed E-state index contributed by atoms with van der Waals surface area (Å²) in [5, 5.41) is 8.76. The summed E-state index contributed by atoms with van der Waals surface area (Å²) in [7, 11) is 0. The number of ether oxygens (including phenoxy) is 1. The largest absolute Gasteiger partial charge is 0.493 e. The van der Waals surface area contributed by atoms with Crippen LogP contribution in [-0.4, -0.2) is 17.7 Å². The van der Waals surface area contributed by atoms with Crippen LogP contribution in [0, 0.1) is 0 Å². The van der Waals surface area contributed by atoms with Crippen LogP contribution >= 0.6 is 0 Å². The maximum atomic E-state index is 12.7. The predicted molar refractivity (Wildman–Crippen MR) is 63.3 cm³/mol. The molecule has 0 aliphatic rings. The first kappa shape index (κ1) is 15.1. The highest BCUT2D eigenvalue weighted by Crippen LogP contribution is 2.36. The van der Waals surface area contributed by atoms with E-state index in [-0.39, 0.29) is 12.2 Å². The maximum Gasteiger partial charge on any atom is 0.419 e. The Morgan fingerprint density at radius 1 is 1.42 bits per heavy atom. The van der Waals surface area contributed by atoms with Gasteiger partial charge in [0.25, 0.3) is 0 Å². The monoisotopic (exact) mass is 274 g/mol. The third kappa shape index (κ3) is 4.31. The van der Waals surface area contributed by atoms with Gasteiger partial charge in [-0.15, -0.1) is 0 Å². The number of hydrogen-bond acceptors (Lipinski definition) is 2. The van der Waals surface area contributed by atoms with Crippen molar-refractivity contribution in [2.45, 2.75) is 19.5 Å². The lowest BCUT2D eigenvalue weighted by atomic mass is 10.1. The molecular weight excluding hydrogens is 261 g/mol. The van der Waals surface area contributed by atoms with Gasteiger partial charge in [0, 0.05) is 0 Å². The highest BCUT2D eigenvalue weighted by atomic mass is 19.4. The van der Waals surface area contributed by atoms with Crippen LogP contribution in [0.15, 0.2) is 30.4 Å². The van der Waals surface area contributed by atoms with Crippen molar-refractivity contribution < 1.29 is 27.8 Å². The lowest BCUT2D eigenvalue weighted by Gasteiger charge is -2.14. The number of rotatable bonds is 5. The second-order valence-corrected chi connectivity index (χ2v) is 3.72. The van der Waals surface area contributed by atoms with Gasteiger partial charge in [0.05, 0.1) is 17.7 Å². The SMILES string of the molecule is C/C=C/CCOc1cc(C(=O)O)ccc1C(F)(F)F. The van der Waals surface area contributed by atoms with Crippen LogP contribution in [-0.2, 0) is 6.18 Å². The molecule has 0 amide bonds. The topological polar surface area (TPSA) is 46.5 Å². The fourth-order valence-corrected chi connectivity index (χ4v) is 1.41. The Labute approximate surface area is 108 Å². The second-order valence-electron chi connectivity index (χ2n) is 3.72. The third-order valence-corrected chi connectivity index (χ3v) is 2.31. The van der Waals surface area contributed by atoms with Crippen LogP contribution in [0.25, 0.3) is 0 Å². The van der Waals surface area contributed by atoms with Crippen LogP contribution in [0.3, 0.4) is 0 Å². The molecule has 3 nitrogen and oxygen atoms in total. The smallest absolute Gasteiger partial charge is 0.419 e. The Morgan fingerprint density at radius 2 is 2.11 bits per heavy atom. The zero-order valence-corrected chi connectivity index (χ0v) is 10.2. The van der Waals surface area contributed by atoms with Crippen molar-refractivity contribution in [3.63, 3.8) is 0 Å². The zero-order chi connectivity index (χ0) is 14.5. The van der Waals surface area contributed by atoms with E-state index in [9.17, 15) is 18.0 Å². The van der Waals surface area contributed by atoms with Gasteiger partial charge in [0.1, 0.15) is 5.75 Å². The summed E-state index contributed by atoms with van der Waals surface area (Å²) in [5.41, 5.74) is -1.22. The molecule has 0 aliphatic heterocycles. The van der Waals surface area contributed by atoms with Crippen LogP contribution in [0.4, 0.5) is 13.2 Å². The van der Waals surface area contributed by atoms with E-state index in [0.29, 0.717) is 12.5 Å². The maximum absolute atomic E-state index is 12.7. The molecule has 0 saturated carbocycles. The molecule has 0 aromatic heterocycles. The molecule has 0 spiro atoms. The van der Waals surface area contributed by atoms with E-state index < -0.39 is 23.5 Å². The molecule has 19 heavy (non-hydrogen) atoms. The summed E-state index contributed by atoms with van der Waals surface area (Å²) in [4.78, 5) is 10.7. The molecule has 1 rings (SSSR count). The molecule has 0 radical (unpaired) electrons. The van der Waals surface area contributed by atoms with Crippen molar-refractivity contribution >= 4 is 5.97 Å². The number of carboxylic acid groups (broad SMARTS) is 1. The van der Waals surface area contributed by atoms with Crippen LogP contribution in [0.5, 0.6) is 5.75 Å². The van der Waals surface area contributed by atoms with Gasteiger partial charge in [-0.25, -0.2) is 4.79 Å². The van der Waals surface area contributed by atoms with Gasteiger partial charge in [-0.3, -0.25) is 0 Å². The summed E-state index contributed by atoms with van der Waals surface area (Å²) in [6.45, 7) is 1.84. The normalized spacial score (nSPS) is 11.8. The Hall–Kier alpha value is -1.98. The standard InChI is InChI=1S/C13H13F3O3/c1-2-3-4-7-19-11-8-9(12(17)18)5-6-10(11)13(14,15)16/h2-3,5-6,8H,4,7H2,1H3,(H,17,18)/b3-2+. The molecule has 0 heterocycles. The molecule has 0 bridgehead atoms. The Balaban J connectivity index is 3.01. The zero-order valence-electron chi connectivity index (χ0n) is 10.2. The van der Waals surface area contributed by atoms with Gasteiger partial charge in [-0.2, -0.15) is 13.2 Å². The molecule has 1 aromatic rings. The number of halogens is 3.